The molecule has 11 heteroatoms. The van der Waals surface area contributed by atoms with Crippen molar-refractivity contribution in [3.8, 4) is 22.5 Å². The maximum absolute atomic E-state index is 14.0. The summed E-state index contributed by atoms with van der Waals surface area (Å²) in [7, 11) is 1.63. The van der Waals surface area contributed by atoms with Crippen LogP contribution in [0.5, 0.6) is 0 Å². The largest absolute Gasteiger partial charge is 0.408 e. The Hall–Kier alpha value is -3.63. The summed E-state index contributed by atoms with van der Waals surface area (Å²) in [6, 6.07) is 5.54. The summed E-state index contributed by atoms with van der Waals surface area (Å²) in [5.74, 6) is 0.147. The van der Waals surface area contributed by atoms with E-state index in [0.29, 0.717) is 24.4 Å². The minimum atomic E-state index is -4.49. The lowest BCUT2D eigenvalue weighted by molar-refractivity contribution is -0.157. The van der Waals surface area contributed by atoms with Gasteiger partial charge in [0.05, 0.1) is 0 Å². The van der Waals surface area contributed by atoms with E-state index < -0.39 is 24.0 Å². The molecule has 3 N–H and O–H groups in total. The summed E-state index contributed by atoms with van der Waals surface area (Å²) < 4.78 is 44.1. The van der Waals surface area contributed by atoms with E-state index in [0.717, 1.165) is 33.9 Å². The van der Waals surface area contributed by atoms with Crippen molar-refractivity contribution >= 4 is 17.4 Å². The molecule has 35 heavy (non-hydrogen) atoms. The first-order valence-corrected chi connectivity index (χ1v) is 11.5. The van der Waals surface area contributed by atoms with Gasteiger partial charge in [0, 0.05) is 55.6 Å². The van der Waals surface area contributed by atoms with E-state index in [2.05, 4.69) is 24.8 Å². The fraction of sp³-hybridized carbons (Fsp3) is 0.417. The number of fused-ring (bicyclic) bond motifs is 3. The maximum atomic E-state index is 14.0. The fourth-order valence-electron chi connectivity index (χ4n) is 5.10. The lowest BCUT2D eigenvalue weighted by Gasteiger charge is -2.41. The molecule has 1 saturated heterocycles. The van der Waals surface area contributed by atoms with Crippen molar-refractivity contribution in [2.45, 2.75) is 38.5 Å². The molecule has 4 aliphatic rings. The summed E-state index contributed by atoms with van der Waals surface area (Å²) in [6.07, 6.45) is -2.82. The van der Waals surface area contributed by atoms with Crippen LogP contribution in [0.2, 0.25) is 0 Å². The lowest BCUT2D eigenvalue weighted by atomic mass is 9.89. The minimum Gasteiger partial charge on any atom is -0.369 e. The lowest BCUT2D eigenvalue weighted by Crippen LogP contribution is -2.52. The number of pyridine rings is 1. The molecule has 1 aromatic carbocycles. The number of carbonyl (C=O) groups is 1. The molecule has 1 amide bonds. The zero-order chi connectivity index (χ0) is 24.9. The molecule has 8 nitrogen and oxygen atoms in total. The van der Waals surface area contributed by atoms with Crippen LogP contribution in [0.1, 0.15) is 18.4 Å². The number of amides is 1. The summed E-state index contributed by atoms with van der Waals surface area (Å²) in [6.45, 7) is 3.45. The van der Waals surface area contributed by atoms with Crippen LogP contribution in [0.15, 0.2) is 35.5 Å². The predicted molar refractivity (Wildman–Crippen MR) is 126 cm³/mol. The predicted octanol–water partition coefficient (Wildman–Crippen LogP) is 2.95. The van der Waals surface area contributed by atoms with Crippen LogP contribution in [0.3, 0.4) is 0 Å². The molecule has 2 atom stereocenters. The highest BCUT2D eigenvalue weighted by Gasteiger charge is 2.48. The average Bonchev–Trinajstić information content (AvgIpc) is 3.33. The van der Waals surface area contributed by atoms with Crippen molar-refractivity contribution in [2.75, 3.05) is 30.4 Å². The molecular weight excluding hydrogens is 459 g/mol. The average molecular weight is 486 g/mol. The van der Waals surface area contributed by atoms with Crippen LogP contribution in [0.4, 0.5) is 24.7 Å². The molecule has 0 spiro atoms. The molecule has 5 rings (SSSR count). The van der Waals surface area contributed by atoms with Gasteiger partial charge >= 0.3 is 6.18 Å². The number of benzene rings is 1. The monoisotopic (exact) mass is 485 g/mol. The highest BCUT2D eigenvalue weighted by atomic mass is 19.4. The molecular formula is C24H26F3N7O. The highest BCUT2D eigenvalue weighted by Crippen LogP contribution is 2.42. The Morgan fingerprint density at radius 3 is 2.74 bits per heavy atom. The quantitative estimate of drug-likeness (QED) is 0.594. The van der Waals surface area contributed by atoms with Crippen molar-refractivity contribution in [2.24, 2.45) is 16.6 Å². The van der Waals surface area contributed by atoms with Gasteiger partial charge in [0.15, 0.2) is 0 Å². The number of piperidine rings is 1. The van der Waals surface area contributed by atoms with Crippen LogP contribution in [0.25, 0.3) is 22.5 Å². The van der Waals surface area contributed by atoms with Crippen LogP contribution < -0.4 is 21.6 Å². The van der Waals surface area contributed by atoms with Crippen molar-refractivity contribution in [1.29, 1.82) is 0 Å². The number of nitrogens with one attached hydrogen (secondary N) is 1. The van der Waals surface area contributed by atoms with E-state index >= 15 is 0 Å². The number of anilines is 2. The zero-order valence-corrected chi connectivity index (χ0v) is 19.4. The van der Waals surface area contributed by atoms with Crippen molar-refractivity contribution in [3.63, 3.8) is 0 Å². The molecule has 2 unspecified atom stereocenters. The number of alkyl halides is 3. The topological polar surface area (TPSA) is 101 Å². The Morgan fingerprint density at radius 2 is 2.03 bits per heavy atom. The number of aromatic nitrogens is 3. The molecule has 184 valence electrons. The van der Waals surface area contributed by atoms with Crippen LogP contribution >= 0.6 is 0 Å². The number of rotatable bonds is 3. The molecule has 0 saturated carbocycles. The number of aryl methyl sites for hydroxylation is 1. The zero-order valence-electron chi connectivity index (χ0n) is 19.4. The Balaban J connectivity index is 1.62. The Morgan fingerprint density at radius 1 is 1.23 bits per heavy atom. The van der Waals surface area contributed by atoms with Gasteiger partial charge < -0.3 is 20.5 Å². The minimum absolute atomic E-state index is 0.0975. The standard InChI is InChI=1S/C24H26F3N7O/c1-13-3-4-16(33-7-5-14(20(28)35)10-19(33)24(25,26)27)11-17(13)18-9-15-12-31-23(29-2)32-21(15)34-8-6-30-22(18)34/h3-4,9,11-12,14,19,30H,5-8,10H2,1-2H3,(H2,28,35). The van der Waals surface area contributed by atoms with Gasteiger partial charge in [-0.3, -0.25) is 9.79 Å². The summed E-state index contributed by atoms with van der Waals surface area (Å²) in [5, 5.41) is 3.40. The smallest absolute Gasteiger partial charge is 0.369 e. The summed E-state index contributed by atoms with van der Waals surface area (Å²) >= 11 is 0. The molecule has 0 aromatic heterocycles. The number of halogens is 3. The van der Waals surface area contributed by atoms with E-state index in [1.807, 2.05) is 19.1 Å². The second-order valence-electron chi connectivity index (χ2n) is 9.03. The van der Waals surface area contributed by atoms with Crippen LogP contribution in [-0.2, 0) is 11.3 Å². The SMILES string of the molecule is CN=c1ncc2cc(-c3cc(N4CCC(C(N)=O)CC4C(F)(F)F)ccc3C)c3n(c-2n1)CCN3. The van der Waals surface area contributed by atoms with Gasteiger partial charge in [-0.2, -0.15) is 18.2 Å². The highest BCUT2D eigenvalue weighted by molar-refractivity contribution is 5.85. The Bertz CT molecular complexity index is 1330. The van der Waals surface area contributed by atoms with E-state index in [1.165, 1.54) is 4.90 Å². The normalized spacial score (nSPS) is 20.7. The first-order chi connectivity index (χ1) is 16.7. The molecule has 0 radical (unpaired) electrons. The number of hydrogen-bond acceptors (Lipinski definition) is 6. The summed E-state index contributed by atoms with van der Waals surface area (Å²) in [5.41, 5.74) is 9.64. The van der Waals surface area contributed by atoms with E-state index in [4.69, 9.17) is 5.73 Å². The number of primary amides is 1. The van der Waals surface area contributed by atoms with Crippen molar-refractivity contribution in [1.82, 2.24) is 14.5 Å². The van der Waals surface area contributed by atoms with Gasteiger partial charge in [-0.25, -0.2) is 4.98 Å². The third kappa shape index (κ3) is 4.08. The van der Waals surface area contributed by atoms with Crippen LogP contribution in [-0.4, -0.2) is 52.8 Å². The number of nitrogens with two attached hydrogens (primary N) is 1. The number of hydrogen-bond donors (Lipinski definition) is 2. The maximum Gasteiger partial charge on any atom is 0.408 e. The second-order valence-corrected chi connectivity index (χ2v) is 9.03. The second kappa shape index (κ2) is 8.54. The third-order valence-corrected chi connectivity index (χ3v) is 6.92. The van der Waals surface area contributed by atoms with Crippen molar-refractivity contribution in [3.05, 3.63) is 41.6 Å². The van der Waals surface area contributed by atoms with E-state index in [-0.39, 0.29) is 19.4 Å². The number of nitrogens with zero attached hydrogens (tertiary/aromatic N) is 5. The third-order valence-electron chi connectivity index (χ3n) is 6.92. The summed E-state index contributed by atoms with van der Waals surface area (Å²) in [4.78, 5) is 25.9. The van der Waals surface area contributed by atoms with E-state index in [9.17, 15) is 18.0 Å². The van der Waals surface area contributed by atoms with Gasteiger partial charge in [0.1, 0.15) is 17.7 Å². The molecule has 1 fully saturated rings. The van der Waals surface area contributed by atoms with Gasteiger partial charge in [0.2, 0.25) is 11.5 Å². The van der Waals surface area contributed by atoms with Crippen LogP contribution in [0, 0.1) is 12.8 Å². The molecule has 4 aliphatic heterocycles. The fourth-order valence-corrected chi connectivity index (χ4v) is 5.10. The van der Waals surface area contributed by atoms with Gasteiger partial charge in [-0.1, -0.05) is 6.07 Å². The Kier molecular flexibility index (Phi) is 5.65. The molecule has 4 heterocycles. The first kappa shape index (κ1) is 23.1. The van der Waals surface area contributed by atoms with Gasteiger partial charge in [-0.05, 0) is 49.1 Å². The number of carbonyl (C=O) groups excluding carboxylic acids is 1. The van der Waals surface area contributed by atoms with Gasteiger partial charge in [-0.15, -0.1) is 0 Å². The molecule has 0 bridgehead atoms. The Labute approximate surface area is 200 Å². The molecule has 1 aromatic rings. The van der Waals surface area contributed by atoms with Gasteiger partial charge in [0.25, 0.3) is 0 Å². The van der Waals surface area contributed by atoms with E-state index in [1.54, 1.807) is 25.4 Å². The first-order valence-electron chi connectivity index (χ1n) is 11.5. The molecule has 0 aliphatic carbocycles. The van der Waals surface area contributed by atoms with Crippen molar-refractivity contribution < 1.29 is 18.0 Å².